The molecule has 6 nitrogen and oxygen atoms in total. The van der Waals surface area contributed by atoms with Crippen molar-refractivity contribution in [1.29, 1.82) is 0 Å². The highest BCUT2D eigenvalue weighted by Gasteiger charge is 2.23. The molecular formula is C57H35N5O. The van der Waals surface area contributed by atoms with Crippen molar-refractivity contribution < 1.29 is 4.42 Å². The summed E-state index contributed by atoms with van der Waals surface area (Å²) in [7, 11) is 0. The zero-order valence-electron chi connectivity index (χ0n) is 33.9. The molecule has 13 aromatic rings. The van der Waals surface area contributed by atoms with E-state index in [1.807, 2.05) is 60.7 Å². The van der Waals surface area contributed by atoms with Crippen LogP contribution in [-0.2, 0) is 0 Å². The summed E-state index contributed by atoms with van der Waals surface area (Å²) in [4.78, 5) is 15.6. The highest BCUT2D eigenvalue weighted by Crippen LogP contribution is 2.45. The third-order valence-electron chi connectivity index (χ3n) is 12.4. The third-order valence-corrected chi connectivity index (χ3v) is 12.4. The molecule has 0 aliphatic carbocycles. The maximum atomic E-state index is 6.20. The van der Waals surface area contributed by atoms with Crippen LogP contribution in [0.4, 0.5) is 0 Å². The van der Waals surface area contributed by atoms with Gasteiger partial charge in [0.05, 0.1) is 27.8 Å². The van der Waals surface area contributed by atoms with Crippen molar-refractivity contribution in [2.24, 2.45) is 0 Å². The van der Waals surface area contributed by atoms with Gasteiger partial charge in [0.25, 0.3) is 0 Å². The van der Waals surface area contributed by atoms with Crippen molar-refractivity contribution in [2.75, 3.05) is 0 Å². The van der Waals surface area contributed by atoms with Gasteiger partial charge in [0.1, 0.15) is 11.2 Å². The number of furan rings is 1. The minimum Gasteiger partial charge on any atom is -0.456 e. The average Bonchev–Trinajstić information content (AvgIpc) is 4.02. The van der Waals surface area contributed by atoms with Crippen LogP contribution in [-0.4, -0.2) is 24.1 Å². The van der Waals surface area contributed by atoms with Crippen LogP contribution in [0.3, 0.4) is 0 Å². The predicted molar refractivity (Wildman–Crippen MR) is 258 cm³/mol. The molecule has 0 amide bonds. The number of rotatable bonds is 6. The quantitative estimate of drug-likeness (QED) is 0.168. The van der Waals surface area contributed by atoms with Gasteiger partial charge < -0.3 is 13.6 Å². The predicted octanol–water partition coefficient (Wildman–Crippen LogP) is 14.6. The molecule has 0 saturated carbocycles. The Morgan fingerprint density at radius 3 is 1.56 bits per heavy atom. The van der Waals surface area contributed by atoms with E-state index < -0.39 is 0 Å². The molecular weight excluding hydrogens is 771 g/mol. The molecule has 6 heteroatoms. The van der Waals surface area contributed by atoms with Gasteiger partial charge >= 0.3 is 0 Å². The Bertz CT molecular complexity index is 3920. The summed E-state index contributed by atoms with van der Waals surface area (Å²) >= 11 is 0. The van der Waals surface area contributed by atoms with Gasteiger partial charge in [-0.05, 0) is 83.9 Å². The molecule has 294 valence electrons. The zero-order chi connectivity index (χ0) is 41.4. The molecule has 0 aliphatic rings. The number of hydrogen-bond donors (Lipinski definition) is 0. The van der Waals surface area contributed by atoms with E-state index in [0.717, 1.165) is 61.0 Å². The molecule has 0 atom stereocenters. The Balaban J connectivity index is 1.05. The first-order valence-corrected chi connectivity index (χ1v) is 21.2. The van der Waals surface area contributed by atoms with Gasteiger partial charge in [-0.1, -0.05) is 140 Å². The maximum Gasteiger partial charge on any atom is 0.166 e. The summed E-state index contributed by atoms with van der Waals surface area (Å²) in [5, 5.41) is 6.89. The SMILES string of the molecule is c1ccc(-c2nc(-c3ccc4oc5ccccc5c4c3)nc(-c3ccccc3-n3c4ccccc4c4c(-c5cccc6c5c5ccccc5n6-c5ccccc5)cccc43)n2)cc1. The van der Waals surface area contributed by atoms with Crippen LogP contribution in [0.2, 0.25) is 0 Å². The van der Waals surface area contributed by atoms with Gasteiger partial charge in [-0.2, -0.15) is 0 Å². The van der Waals surface area contributed by atoms with Crippen molar-refractivity contribution in [3.63, 3.8) is 0 Å². The Morgan fingerprint density at radius 1 is 0.317 bits per heavy atom. The van der Waals surface area contributed by atoms with E-state index in [9.17, 15) is 0 Å². The van der Waals surface area contributed by atoms with E-state index in [2.05, 4.69) is 161 Å². The van der Waals surface area contributed by atoms with Crippen LogP contribution in [0.25, 0.3) is 122 Å². The first-order valence-electron chi connectivity index (χ1n) is 21.2. The van der Waals surface area contributed by atoms with Gasteiger partial charge in [0, 0.05) is 54.7 Å². The van der Waals surface area contributed by atoms with E-state index in [4.69, 9.17) is 19.4 Å². The molecule has 13 rings (SSSR count). The van der Waals surface area contributed by atoms with Crippen LogP contribution >= 0.6 is 0 Å². The summed E-state index contributed by atoms with van der Waals surface area (Å²) in [5.41, 5.74) is 13.4. The fourth-order valence-electron chi connectivity index (χ4n) is 9.67. The van der Waals surface area contributed by atoms with Gasteiger partial charge in [-0.3, -0.25) is 0 Å². The summed E-state index contributed by atoms with van der Waals surface area (Å²) in [6, 6.07) is 74.5. The van der Waals surface area contributed by atoms with Gasteiger partial charge in [-0.25, -0.2) is 15.0 Å². The van der Waals surface area contributed by atoms with Crippen LogP contribution in [0.15, 0.2) is 217 Å². The second-order valence-corrected chi connectivity index (χ2v) is 15.9. The van der Waals surface area contributed by atoms with Gasteiger partial charge in [0.2, 0.25) is 0 Å². The number of benzene rings is 9. The van der Waals surface area contributed by atoms with Crippen molar-refractivity contribution in [1.82, 2.24) is 24.1 Å². The number of hydrogen-bond acceptors (Lipinski definition) is 4. The molecule has 0 spiro atoms. The standard InChI is InChI=1S/C57H35N5O/c1-3-17-36(18-4-1)55-58-56(37-33-34-52-45(35-37)39-21-10-14-32-51(39)63-52)60-57(59-55)44-24-9-13-29-48(44)62-47-28-12-8-23-43(47)54-41(26-16-31-50(54)62)40-25-15-30-49-53(40)42-22-7-11-27-46(42)61(49)38-19-5-2-6-20-38/h1-35H. The lowest BCUT2D eigenvalue weighted by molar-refractivity contribution is 0.669. The van der Waals surface area contributed by atoms with Crippen LogP contribution < -0.4 is 0 Å². The van der Waals surface area contributed by atoms with E-state index in [0.29, 0.717) is 17.5 Å². The maximum absolute atomic E-state index is 6.20. The van der Waals surface area contributed by atoms with E-state index in [1.54, 1.807) is 0 Å². The molecule has 9 aromatic carbocycles. The molecule has 4 heterocycles. The summed E-state index contributed by atoms with van der Waals surface area (Å²) in [6.45, 7) is 0. The number of nitrogens with zero attached hydrogens (tertiary/aromatic N) is 5. The number of fused-ring (bicyclic) bond motifs is 9. The lowest BCUT2D eigenvalue weighted by Crippen LogP contribution is -2.03. The van der Waals surface area contributed by atoms with Gasteiger partial charge in [-0.15, -0.1) is 0 Å². The monoisotopic (exact) mass is 805 g/mol. The largest absolute Gasteiger partial charge is 0.456 e. The summed E-state index contributed by atoms with van der Waals surface area (Å²) in [5.74, 6) is 1.79. The van der Waals surface area contributed by atoms with Crippen LogP contribution in [0.5, 0.6) is 0 Å². The zero-order valence-corrected chi connectivity index (χ0v) is 33.9. The Morgan fingerprint density at radius 2 is 0.825 bits per heavy atom. The smallest absolute Gasteiger partial charge is 0.166 e. The first kappa shape index (κ1) is 35.2. The Hall–Kier alpha value is -8.61. The second-order valence-electron chi connectivity index (χ2n) is 15.9. The molecule has 4 aromatic heterocycles. The summed E-state index contributed by atoms with van der Waals surface area (Å²) in [6.07, 6.45) is 0. The lowest BCUT2D eigenvalue weighted by Gasteiger charge is -2.15. The number of para-hydroxylation sites is 5. The van der Waals surface area contributed by atoms with Crippen molar-refractivity contribution in [3.05, 3.63) is 212 Å². The second kappa shape index (κ2) is 14.0. The molecule has 63 heavy (non-hydrogen) atoms. The van der Waals surface area contributed by atoms with E-state index >= 15 is 0 Å². The van der Waals surface area contributed by atoms with Gasteiger partial charge in [0.15, 0.2) is 17.5 Å². The van der Waals surface area contributed by atoms with E-state index in [1.165, 1.54) is 43.7 Å². The fraction of sp³-hybridized carbons (Fsp3) is 0. The van der Waals surface area contributed by atoms with Crippen molar-refractivity contribution in [3.8, 4) is 56.7 Å². The molecule has 0 bridgehead atoms. The Kier molecular flexibility index (Phi) is 7.80. The summed E-state index contributed by atoms with van der Waals surface area (Å²) < 4.78 is 11.0. The number of aromatic nitrogens is 5. The molecule has 0 saturated heterocycles. The highest BCUT2D eigenvalue weighted by atomic mass is 16.3. The molecule has 0 radical (unpaired) electrons. The normalized spacial score (nSPS) is 11.8. The molecule has 0 fully saturated rings. The van der Waals surface area contributed by atoms with Crippen LogP contribution in [0, 0.1) is 0 Å². The minimum atomic E-state index is 0.590. The average molecular weight is 806 g/mol. The molecule has 0 unspecified atom stereocenters. The minimum absolute atomic E-state index is 0.590. The Labute approximate surface area is 361 Å². The topological polar surface area (TPSA) is 61.7 Å². The molecule has 0 N–H and O–H groups in total. The lowest BCUT2D eigenvalue weighted by atomic mass is 9.95. The highest BCUT2D eigenvalue weighted by molar-refractivity contribution is 6.22. The first-order chi connectivity index (χ1) is 31.3. The molecule has 0 aliphatic heterocycles. The van der Waals surface area contributed by atoms with Crippen molar-refractivity contribution in [2.45, 2.75) is 0 Å². The fourth-order valence-corrected chi connectivity index (χ4v) is 9.67. The third kappa shape index (κ3) is 5.48. The van der Waals surface area contributed by atoms with Crippen molar-refractivity contribution >= 4 is 65.6 Å². The van der Waals surface area contributed by atoms with Crippen LogP contribution in [0.1, 0.15) is 0 Å². The van der Waals surface area contributed by atoms with E-state index in [-0.39, 0.29) is 0 Å².